The SMILES string of the molecule is CNCC1CCCC1Cc1nccs1. The molecule has 0 spiro atoms. The molecule has 1 aliphatic carbocycles. The summed E-state index contributed by atoms with van der Waals surface area (Å²) >= 11 is 1.80. The molecule has 1 aliphatic rings. The fourth-order valence-corrected chi connectivity index (χ4v) is 3.20. The lowest BCUT2D eigenvalue weighted by molar-refractivity contribution is 0.374. The highest BCUT2D eigenvalue weighted by Crippen LogP contribution is 2.33. The molecule has 0 amide bonds. The summed E-state index contributed by atoms with van der Waals surface area (Å²) in [6.07, 6.45) is 7.32. The van der Waals surface area contributed by atoms with E-state index >= 15 is 0 Å². The topological polar surface area (TPSA) is 24.9 Å². The van der Waals surface area contributed by atoms with Crippen LogP contribution in [0.15, 0.2) is 11.6 Å². The number of thiazole rings is 1. The van der Waals surface area contributed by atoms with Crippen LogP contribution in [0.3, 0.4) is 0 Å². The smallest absolute Gasteiger partial charge is 0.0927 e. The first kappa shape index (κ1) is 10.1. The van der Waals surface area contributed by atoms with Crippen LogP contribution in [0.4, 0.5) is 0 Å². The number of hydrogen-bond donors (Lipinski definition) is 1. The maximum Gasteiger partial charge on any atom is 0.0927 e. The van der Waals surface area contributed by atoms with Crippen molar-refractivity contribution in [1.82, 2.24) is 10.3 Å². The standard InChI is InChI=1S/C11H18N2S/c1-12-8-10-4-2-3-9(10)7-11-13-5-6-14-11/h5-6,9-10,12H,2-4,7-8H2,1H3. The molecule has 2 atom stereocenters. The lowest BCUT2D eigenvalue weighted by Gasteiger charge is -2.17. The summed E-state index contributed by atoms with van der Waals surface area (Å²) in [6, 6.07) is 0. The van der Waals surface area contributed by atoms with Crippen LogP contribution in [0.25, 0.3) is 0 Å². The summed E-state index contributed by atoms with van der Waals surface area (Å²) in [5.41, 5.74) is 0. The molecule has 1 fully saturated rings. The molecule has 0 aromatic carbocycles. The molecule has 0 bridgehead atoms. The number of nitrogens with one attached hydrogen (secondary N) is 1. The molecular weight excluding hydrogens is 192 g/mol. The van der Waals surface area contributed by atoms with Gasteiger partial charge in [0.05, 0.1) is 5.01 Å². The maximum absolute atomic E-state index is 4.37. The van der Waals surface area contributed by atoms with E-state index in [4.69, 9.17) is 0 Å². The third-order valence-corrected chi connectivity index (χ3v) is 4.01. The second kappa shape index (κ2) is 4.89. The summed E-state index contributed by atoms with van der Waals surface area (Å²) < 4.78 is 0. The monoisotopic (exact) mass is 210 g/mol. The molecular formula is C11H18N2S. The van der Waals surface area contributed by atoms with Gasteiger partial charge in [-0.15, -0.1) is 11.3 Å². The number of nitrogens with zero attached hydrogens (tertiary/aromatic N) is 1. The first-order valence-electron chi connectivity index (χ1n) is 5.43. The van der Waals surface area contributed by atoms with Gasteiger partial charge in [0, 0.05) is 18.0 Å². The summed E-state index contributed by atoms with van der Waals surface area (Å²) in [5.74, 6) is 1.75. The molecule has 1 aromatic heterocycles. The van der Waals surface area contributed by atoms with Crippen molar-refractivity contribution in [2.45, 2.75) is 25.7 Å². The normalized spacial score (nSPS) is 26.9. The Balaban J connectivity index is 1.90. The maximum atomic E-state index is 4.37. The van der Waals surface area contributed by atoms with Crippen LogP contribution in [0.1, 0.15) is 24.3 Å². The van der Waals surface area contributed by atoms with Gasteiger partial charge in [-0.2, -0.15) is 0 Å². The van der Waals surface area contributed by atoms with E-state index in [1.165, 1.54) is 37.2 Å². The zero-order valence-electron chi connectivity index (χ0n) is 8.70. The minimum Gasteiger partial charge on any atom is -0.319 e. The number of hydrogen-bond acceptors (Lipinski definition) is 3. The van der Waals surface area contributed by atoms with Gasteiger partial charge in [0.25, 0.3) is 0 Å². The molecule has 1 N–H and O–H groups in total. The fourth-order valence-electron chi connectivity index (χ4n) is 2.49. The Morgan fingerprint density at radius 2 is 2.36 bits per heavy atom. The number of aromatic nitrogens is 1. The molecule has 0 radical (unpaired) electrons. The third kappa shape index (κ3) is 2.34. The number of rotatable bonds is 4. The highest BCUT2D eigenvalue weighted by molar-refractivity contribution is 7.09. The predicted octanol–water partition coefficient (Wildman–Crippen LogP) is 2.32. The third-order valence-electron chi connectivity index (χ3n) is 3.20. The second-order valence-electron chi connectivity index (χ2n) is 4.14. The van der Waals surface area contributed by atoms with Crippen LogP contribution in [0, 0.1) is 11.8 Å². The van der Waals surface area contributed by atoms with Crippen LogP contribution in [0.2, 0.25) is 0 Å². The Bertz CT molecular complexity index is 258. The Morgan fingerprint density at radius 3 is 3.07 bits per heavy atom. The van der Waals surface area contributed by atoms with Crippen molar-refractivity contribution in [2.75, 3.05) is 13.6 Å². The van der Waals surface area contributed by atoms with Crippen molar-refractivity contribution < 1.29 is 0 Å². The van der Waals surface area contributed by atoms with Gasteiger partial charge in [-0.25, -0.2) is 4.98 Å². The van der Waals surface area contributed by atoms with Gasteiger partial charge in [0.2, 0.25) is 0 Å². The van der Waals surface area contributed by atoms with E-state index in [1.54, 1.807) is 11.3 Å². The van der Waals surface area contributed by atoms with Crippen LogP contribution < -0.4 is 5.32 Å². The average molecular weight is 210 g/mol. The molecule has 78 valence electrons. The molecule has 2 rings (SSSR count). The summed E-state index contributed by atoms with van der Waals surface area (Å²) in [4.78, 5) is 4.37. The molecule has 14 heavy (non-hydrogen) atoms. The first-order valence-corrected chi connectivity index (χ1v) is 6.31. The molecule has 3 heteroatoms. The Hall–Kier alpha value is -0.410. The second-order valence-corrected chi connectivity index (χ2v) is 5.12. The first-order chi connectivity index (χ1) is 6.90. The minimum absolute atomic E-state index is 0.869. The van der Waals surface area contributed by atoms with Crippen molar-refractivity contribution in [1.29, 1.82) is 0 Å². The summed E-state index contributed by atoms with van der Waals surface area (Å²) in [5, 5.41) is 6.70. The molecule has 1 heterocycles. The molecule has 1 aromatic rings. The summed E-state index contributed by atoms with van der Waals surface area (Å²) in [6.45, 7) is 1.18. The highest BCUT2D eigenvalue weighted by Gasteiger charge is 2.27. The average Bonchev–Trinajstić information content (AvgIpc) is 2.80. The van der Waals surface area contributed by atoms with Gasteiger partial charge >= 0.3 is 0 Å². The van der Waals surface area contributed by atoms with E-state index < -0.39 is 0 Å². The molecule has 1 saturated carbocycles. The van der Waals surface area contributed by atoms with E-state index in [1.807, 2.05) is 6.20 Å². The molecule has 0 aliphatic heterocycles. The van der Waals surface area contributed by atoms with Crippen molar-refractivity contribution in [3.63, 3.8) is 0 Å². The molecule has 2 unspecified atom stereocenters. The van der Waals surface area contributed by atoms with Crippen LogP contribution in [-0.2, 0) is 6.42 Å². The Kier molecular flexibility index (Phi) is 3.54. The Labute approximate surface area is 89.8 Å². The van der Waals surface area contributed by atoms with E-state index in [9.17, 15) is 0 Å². The zero-order valence-corrected chi connectivity index (χ0v) is 9.52. The minimum atomic E-state index is 0.869. The van der Waals surface area contributed by atoms with Gasteiger partial charge in [0.15, 0.2) is 0 Å². The van der Waals surface area contributed by atoms with Gasteiger partial charge in [0.1, 0.15) is 0 Å². The quantitative estimate of drug-likeness (QED) is 0.825. The lowest BCUT2D eigenvalue weighted by Crippen LogP contribution is -2.23. The lowest BCUT2D eigenvalue weighted by atomic mass is 9.93. The van der Waals surface area contributed by atoms with Crippen molar-refractivity contribution >= 4 is 11.3 Å². The van der Waals surface area contributed by atoms with Crippen molar-refractivity contribution in [3.05, 3.63) is 16.6 Å². The zero-order chi connectivity index (χ0) is 9.80. The van der Waals surface area contributed by atoms with Crippen molar-refractivity contribution in [2.24, 2.45) is 11.8 Å². The highest BCUT2D eigenvalue weighted by atomic mass is 32.1. The van der Waals surface area contributed by atoms with Crippen LogP contribution in [0.5, 0.6) is 0 Å². The van der Waals surface area contributed by atoms with Gasteiger partial charge in [-0.1, -0.05) is 6.42 Å². The van der Waals surface area contributed by atoms with Crippen molar-refractivity contribution in [3.8, 4) is 0 Å². The molecule has 2 nitrogen and oxygen atoms in total. The van der Waals surface area contributed by atoms with E-state index in [2.05, 4.69) is 22.7 Å². The summed E-state index contributed by atoms with van der Waals surface area (Å²) in [7, 11) is 2.05. The van der Waals surface area contributed by atoms with E-state index in [0.717, 1.165) is 11.8 Å². The largest absolute Gasteiger partial charge is 0.319 e. The van der Waals surface area contributed by atoms with E-state index in [-0.39, 0.29) is 0 Å². The van der Waals surface area contributed by atoms with E-state index in [0.29, 0.717) is 0 Å². The van der Waals surface area contributed by atoms with Crippen LogP contribution in [-0.4, -0.2) is 18.6 Å². The van der Waals surface area contributed by atoms with Gasteiger partial charge < -0.3 is 5.32 Å². The van der Waals surface area contributed by atoms with Gasteiger partial charge in [-0.05, 0) is 38.3 Å². The fraction of sp³-hybridized carbons (Fsp3) is 0.727. The van der Waals surface area contributed by atoms with Crippen LogP contribution >= 0.6 is 11.3 Å². The van der Waals surface area contributed by atoms with Gasteiger partial charge in [-0.3, -0.25) is 0 Å². The predicted molar refractivity (Wildman–Crippen MR) is 60.6 cm³/mol. The Morgan fingerprint density at radius 1 is 1.50 bits per heavy atom. The molecule has 0 saturated heterocycles.